The minimum atomic E-state index is 0.306. The summed E-state index contributed by atoms with van der Waals surface area (Å²) in [5, 5.41) is 9.45. The average molecular weight is 431 g/mol. The van der Waals surface area contributed by atoms with E-state index < -0.39 is 0 Å². The molecule has 3 aromatic heterocycles. The van der Waals surface area contributed by atoms with Crippen molar-refractivity contribution in [3.8, 4) is 11.7 Å². The van der Waals surface area contributed by atoms with Gasteiger partial charge in [0.2, 0.25) is 5.89 Å². The monoisotopic (exact) mass is 430 g/mol. The van der Waals surface area contributed by atoms with E-state index in [0.29, 0.717) is 34.8 Å². The first-order valence-corrected chi connectivity index (χ1v) is 10.0. The van der Waals surface area contributed by atoms with Gasteiger partial charge in [0.05, 0.1) is 22.8 Å². The van der Waals surface area contributed by atoms with E-state index in [1.165, 1.54) is 9.71 Å². The lowest BCUT2D eigenvalue weighted by atomic mass is 10.2. The number of hydrogen-bond acceptors (Lipinski definition) is 7. The Kier molecular flexibility index (Phi) is 4.11. The van der Waals surface area contributed by atoms with Gasteiger partial charge in [-0.1, -0.05) is 12.1 Å². The number of nitrogens with zero attached hydrogens (tertiary/aromatic N) is 4. The highest BCUT2D eigenvalue weighted by molar-refractivity contribution is 9.10. The number of aromatic nitrogens is 3. The van der Waals surface area contributed by atoms with Crippen LogP contribution < -0.4 is 0 Å². The van der Waals surface area contributed by atoms with Gasteiger partial charge in [0.1, 0.15) is 5.01 Å². The number of thiazole rings is 1. The number of furan rings is 1. The van der Waals surface area contributed by atoms with Gasteiger partial charge in [-0.2, -0.15) is 0 Å². The average Bonchev–Trinajstić information content (AvgIpc) is 3.41. The minimum Gasteiger partial charge on any atom is -0.444 e. The molecule has 1 fully saturated rings. The van der Waals surface area contributed by atoms with Crippen LogP contribution in [0.15, 0.2) is 49.9 Å². The highest BCUT2D eigenvalue weighted by Gasteiger charge is 2.30. The van der Waals surface area contributed by atoms with Gasteiger partial charge in [-0.05, 0) is 59.6 Å². The van der Waals surface area contributed by atoms with E-state index in [1.807, 2.05) is 12.1 Å². The summed E-state index contributed by atoms with van der Waals surface area (Å²) in [5.41, 5.74) is 1.07. The number of hydrogen-bond donors (Lipinski definition) is 0. The molecule has 0 amide bonds. The molecule has 8 heteroatoms. The fraction of sp³-hybridized carbons (Fsp3) is 0.278. The Morgan fingerprint density at radius 3 is 2.92 bits per heavy atom. The largest absolute Gasteiger partial charge is 0.444 e. The Morgan fingerprint density at radius 1 is 1.15 bits per heavy atom. The molecule has 0 N–H and O–H groups in total. The Bertz CT molecular complexity index is 1020. The number of halogens is 1. The molecule has 1 saturated heterocycles. The van der Waals surface area contributed by atoms with Crippen LogP contribution in [-0.2, 0) is 6.54 Å². The van der Waals surface area contributed by atoms with Crippen LogP contribution in [0.4, 0.5) is 0 Å². The Morgan fingerprint density at radius 2 is 2.08 bits per heavy atom. The van der Waals surface area contributed by atoms with E-state index in [4.69, 9.17) is 13.8 Å². The Balaban J connectivity index is 1.37. The van der Waals surface area contributed by atoms with Gasteiger partial charge < -0.3 is 8.83 Å². The van der Waals surface area contributed by atoms with Crippen LogP contribution in [0.25, 0.3) is 21.9 Å². The summed E-state index contributed by atoms with van der Waals surface area (Å²) < 4.78 is 13.1. The number of rotatable bonds is 4. The predicted octanol–water partition coefficient (Wildman–Crippen LogP) is 5.04. The summed E-state index contributed by atoms with van der Waals surface area (Å²) in [7, 11) is 0. The van der Waals surface area contributed by atoms with Crippen molar-refractivity contribution in [2.24, 2.45) is 0 Å². The smallest absolute Gasteiger partial charge is 0.283 e. The molecule has 0 saturated carbocycles. The third-order valence-corrected chi connectivity index (χ3v) is 6.11. The van der Waals surface area contributed by atoms with Crippen LogP contribution in [0.5, 0.6) is 0 Å². The second kappa shape index (κ2) is 6.61. The molecule has 1 aromatic carbocycles. The van der Waals surface area contributed by atoms with Crippen molar-refractivity contribution in [2.45, 2.75) is 25.4 Å². The third kappa shape index (κ3) is 2.98. The molecule has 6 nitrogen and oxygen atoms in total. The van der Waals surface area contributed by atoms with E-state index in [0.717, 1.165) is 24.9 Å². The van der Waals surface area contributed by atoms with Crippen LogP contribution in [0.2, 0.25) is 0 Å². The van der Waals surface area contributed by atoms with Gasteiger partial charge in [0.25, 0.3) is 5.89 Å². The van der Waals surface area contributed by atoms with Crippen molar-refractivity contribution >= 4 is 37.5 Å². The second-order valence-electron chi connectivity index (χ2n) is 6.25. The molecule has 0 aliphatic carbocycles. The molecule has 26 heavy (non-hydrogen) atoms. The topological polar surface area (TPSA) is 68.2 Å². The molecular weight excluding hydrogens is 416 g/mol. The maximum Gasteiger partial charge on any atom is 0.283 e. The highest BCUT2D eigenvalue weighted by atomic mass is 79.9. The first-order chi connectivity index (χ1) is 12.8. The summed E-state index contributed by atoms with van der Waals surface area (Å²) in [6, 6.07) is 12.2. The standard InChI is InChI=1S/C18H15BrN4O2S/c19-15-8-7-13(24-15)17-22-21-16(25-17)10-23-9-3-5-12(23)18-20-11-4-1-2-6-14(11)26-18/h1-2,4,6-8,12H,3,5,9-10H2. The minimum absolute atomic E-state index is 0.306. The van der Waals surface area contributed by atoms with Crippen LogP contribution in [0, 0.1) is 0 Å². The molecule has 132 valence electrons. The zero-order valence-corrected chi connectivity index (χ0v) is 16.2. The van der Waals surface area contributed by atoms with Crippen LogP contribution in [0.1, 0.15) is 29.8 Å². The zero-order valence-electron chi connectivity index (χ0n) is 13.8. The number of benzene rings is 1. The van der Waals surface area contributed by atoms with Crippen molar-refractivity contribution < 1.29 is 8.83 Å². The summed E-state index contributed by atoms with van der Waals surface area (Å²) >= 11 is 5.06. The molecule has 0 radical (unpaired) electrons. The van der Waals surface area contributed by atoms with E-state index in [9.17, 15) is 0 Å². The maximum atomic E-state index is 5.79. The SMILES string of the molecule is Brc1ccc(-c2nnc(CN3CCCC3c3nc4ccccc4s3)o2)o1. The van der Waals surface area contributed by atoms with Gasteiger partial charge in [0.15, 0.2) is 10.4 Å². The molecule has 4 aromatic rings. The van der Waals surface area contributed by atoms with Gasteiger partial charge in [-0.25, -0.2) is 4.98 Å². The molecule has 0 spiro atoms. The van der Waals surface area contributed by atoms with Crippen molar-refractivity contribution in [1.29, 1.82) is 0 Å². The van der Waals surface area contributed by atoms with Crippen molar-refractivity contribution in [2.75, 3.05) is 6.54 Å². The Labute approximate surface area is 162 Å². The van der Waals surface area contributed by atoms with Crippen molar-refractivity contribution in [3.05, 3.63) is 52.0 Å². The van der Waals surface area contributed by atoms with E-state index >= 15 is 0 Å². The zero-order chi connectivity index (χ0) is 17.5. The summed E-state index contributed by atoms with van der Waals surface area (Å²) in [6.45, 7) is 1.63. The number of fused-ring (bicyclic) bond motifs is 1. The molecule has 0 bridgehead atoms. The summed E-state index contributed by atoms with van der Waals surface area (Å²) in [4.78, 5) is 7.20. The second-order valence-corrected chi connectivity index (χ2v) is 8.10. The molecule has 1 aliphatic rings. The molecule has 1 unspecified atom stereocenters. The molecular formula is C18H15BrN4O2S. The lowest BCUT2D eigenvalue weighted by molar-refractivity contribution is 0.223. The Hall–Kier alpha value is -2.03. The van der Waals surface area contributed by atoms with Gasteiger partial charge >= 0.3 is 0 Å². The third-order valence-electron chi connectivity index (χ3n) is 4.55. The predicted molar refractivity (Wildman–Crippen MR) is 102 cm³/mol. The summed E-state index contributed by atoms with van der Waals surface area (Å²) in [6.07, 6.45) is 2.25. The number of likely N-dealkylation sites (tertiary alicyclic amines) is 1. The van der Waals surface area contributed by atoms with Gasteiger partial charge in [0, 0.05) is 0 Å². The maximum absolute atomic E-state index is 5.79. The quantitative estimate of drug-likeness (QED) is 0.451. The summed E-state index contributed by atoms with van der Waals surface area (Å²) in [5.74, 6) is 1.57. The normalized spacial score (nSPS) is 18.1. The van der Waals surface area contributed by atoms with Gasteiger partial charge in [-0.3, -0.25) is 4.90 Å². The molecule has 1 atom stereocenters. The van der Waals surface area contributed by atoms with Crippen molar-refractivity contribution in [3.63, 3.8) is 0 Å². The molecule has 1 aliphatic heterocycles. The number of para-hydroxylation sites is 1. The van der Waals surface area contributed by atoms with Crippen LogP contribution in [0.3, 0.4) is 0 Å². The fourth-order valence-corrected chi connectivity index (χ4v) is 4.79. The lowest BCUT2D eigenvalue weighted by Gasteiger charge is -2.20. The van der Waals surface area contributed by atoms with Crippen LogP contribution >= 0.6 is 27.3 Å². The highest BCUT2D eigenvalue weighted by Crippen LogP contribution is 2.37. The van der Waals surface area contributed by atoms with E-state index in [1.54, 1.807) is 17.4 Å². The van der Waals surface area contributed by atoms with Gasteiger partial charge in [-0.15, -0.1) is 21.5 Å². The van der Waals surface area contributed by atoms with E-state index in [2.05, 4.69) is 49.2 Å². The van der Waals surface area contributed by atoms with Crippen molar-refractivity contribution in [1.82, 2.24) is 20.1 Å². The lowest BCUT2D eigenvalue weighted by Crippen LogP contribution is -2.22. The molecule has 5 rings (SSSR count). The molecule has 4 heterocycles. The first kappa shape index (κ1) is 16.2. The van der Waals surface area contributed by atoms with Crippen LogP contribution in [-0.4, -0.2) is 26.6 Å². The first-order valence-electron chi connectivity index (χ1n) is 8.44. The van der Waals surface area contributed by atoms with E-state index in [-0.39, 0.29) is 0 Å². The fourth-order valence-electron chi connectivity index (χ4n) is 3.35.